The summed E-state index contributed by atoms with van der Waals surface area (Å²) in [5.41, 5.74) is 4.93. The van der Waals surface area contributed by atoms with Crippen molar-refractivity contribution in [3.8, 4) is 11.5 Å². The molecule has 1 atom stereocenters. The number of carbonyl (C=O) groups excluding carboxylic acids is 2. The topological polar surface area (TPSA) is 83.8 Å². The molecule has 0 fully saturated rings. The lowest BCUT2D eigenvalue weighted by molar-refractivity contribution is -0.132. The fourth-order valence-corrected chi connectivity index (χ4v) is 6.07. The Balaban J connectivity index is 1.77. The zero-order valence-corrected chi connectivity index (χ0v) is 23.1. The van der Waals surface area contributed by atoms with E-state index < -0.39 is 10.1 Å². The van der Waals surface area contributed by atoms with E-state index in [1.807, 2.05) is 45.0 Å². The van der Waals surface area contributed by atoms with Crippen LogP contribution in [0.2, 0.25) is 0 Å². The molecule has 4 rings (SSSR count). The molecule has 0 radical (unpaired) electrons. The average molecular weight is 523 g/mol. The summed E-state index contributed by atoms with van der Waals surface area (Å²) in [5, 5.41) is 5.31. The lowest BCUT2D eigenvalue weighted by atomic mass is 9.93. The van der Waals surface area contributed by atoms with Gasteiger partial charge >= 0.3 is 0 Å². The number of anilines is 1. The Kier molecular flexibility index (Phi) is 7.92. The van der Waals surface area contributed by atoms with Crippen molar-refractivity contribution in [2.24, 2.45) is 10.1 Å². The molecule has 2 aliphatic heterocycles. The van der Waals surface area contributed by atoms with Crippen molar-refractivity contribution in [3.63, 3.8) is 0 Å². The zero-order chi connectivity index (χ0) is 26.7. The van der Waals surface area contributed by atoms with E-state index in [-0.39, 0.29) is 5.91 Å². The maximum absolute atomic E-state index is 12.2. The third kappa shape index (κ3) is 5.23. The van der Waals surface area contributed by atoms with Gasteiger partial charge in [0.15, 0.2) is 11.7 Å². The second-order valence-corrected chi connectivity index (χ2v) is 11.2. The van der Waals surface area contributed by atoms with E-state index in [0.717, 1.165) is 59.8 Å². The number of aliphatic imine (C=N–C) groups is 1. The largest absolute Gasteiger partial charge is 0.497 e. The fraction of sp³-hybridized carbons (Fsp3) is 0.429. The van der Waals surface area contributed by atoms with Crippen LogP contribution >= 0.6 is 11.8 Å². The van der Waals surface area contributed by atoms with Gasteiger partial charge in [-0.05, 0) is 69.0 Å². The highest BCUT2D eigenvalue weighted by Crippen LogP contribution is 2.40. The second-order valence-electron chi connectivity index (χ2n) is 9.43. The van der Waals surface area contributed by atoms with Gasteiger partial charge in [-0.3, -0.25) is 14.6 Å². The number of hydrogen-bond donors (Lipinski definition) is 0. The van der Waals surface area contributed by atoms with Crippen LogP contribution in [-0.2, 0) is 16.0 Å². The van der Waals surface area contributed by atoms with E-state index in [4.69, 9.17) is 14.5 Å². The molecule has 0 saturated carbocycles. The van der Waals surface area contributed by atoms with Gasteiger partial charge in [-0.25, -0.2) is 5.01 Å². The minimum atomic E-state index is -0.628. The molecule has 9 heteroatoms. The maximum atomic E-state index is 12.2. The first kappa shape index (κ1) is 26.7. The van der Waals surface area contributed by atoms with Gasteiger partial charge in [0.25, 0.3) is 0 Å². The number of benzene rings is 2. The number of methoxy groups -OCH3 is 2. The molecule has 0 aromatic heterocycles. The summed E-state index contributed by atoms with van der Waals surface area (Å²) in [4.78, 5) is 31.0. The first-order chi connectivity index (χ1) is 17.7. The van der Waals surface area contributed by atoms with Crippen LogP contribution in [0.3, 0.4) is 0 Å². The van der Waals surface area contributed by atoms with E-state index in [1.165, 1.54) is 29.3 Å². The van der Waals surface area contributed by atoms with Crippen LogP contribution in [0.25, 0.3) is 0 Å². The third-order valence-electron chi connectivity index (χ3n) is 6.56. The van der Waals surface area contributed by atoms with E-state index in [1.54, 1.807) is 14.2 Å². The van der Waals surface area contributed by atoms with Crippen molar-refractivity contribution >= 4 is 41.2 Å². The molecular weight excluding hydrogens is 488 g/mol. The number of fused-ring (bicyclic) bond motifs is 1. The van der Waals surface area contributed by atoms with Crippen molar-refractivity contribution in [2.45, 2.75) is 50.7 Å². The summed E-state index contributed by atoms with van der Waals surface area (Å²) in [7, 11) is 3.29. The molecule has 2 aromatic rings. The van der Waals surface area contributed by atoms with Gasteiger partial charge < -0.3 is 14.4 Å². The Morgan fingerprint density at radius 1 is 1.22 bits per heavy atom. The lowest BCUT2D eigenvalue weighted by Crippen LogP contribution is -2.46. The SMILES string of the molecule is CCN=C(c1ccc(OC)cc1OC)N1CCCc2cc(C3=NN(C(C)=O)C(C=O)SC3(C)C)ccc21. The second kappa shape index (κ2) is 11.0. The number of ether oxygens (including phenoxy) is 2. The average Bonchev–Trinajstić information content (AvgIpc) is 2.90. The van der Waals surface area contributed by atoms with Crippen LogP contribution in [0.1, 0.15) is 50.8 Å². The quantitative estimate of drug-likeness (QED) is 0.315. The van der Waals surface area contributed by atoms with Crippen LogP contribution in [0.5, 0.6) is 11.5 Å². The Labute approximate surface area is 222 Å². The van der Waals surface area contributed by atoms with E-state index in [9.17, 15) is 9.59 Å². The molecule has 0 spiro atoms. The molecular formula is C28H34N4O4S. The molecule has 2 aromatic carbocycles. The molecule has 196 valence electrons. The molecule has 1 amide bonds. The number of hydrogen-bond acceptors (Lipinski definition) is 7. The van der Waals surface area contributed by atoms with Crippen LogP contribution in [0.15, 0.2) is 46.5 Å². The lowest BCUT2D eigenvalue weighted by Gasteiger charge is -2.38. The Hall–Kier alpha value is -3.33. The number of aldehydes is 1. The molecule has 37 heavy (non-hydrogen) atoms. The summed E-state index contributed by atoms with van der Waals surface area (Å²) in [6.07, 6.45) is 2.67. The molecule has 8 nitrogen and oxygen atoms in total. The molecule has 0 saturated heterocycles. The summed E-state index contributed by atoms with van der Waals surface area (Å²) in [5.74, 6) is 2.04. The number of amidine groups is 1. The summed E-state index contributed by atoms with van der Waals surface area (Å²) in [6, 6.07) is 12.1. The van der Waals surface area contributed by atoms with Gasteiger partial charge in [0.1, 0.15) is 17.3 Å². The first-order valence-electron chi connectivity index (χ1n) is 12.4. The van der Waals surface area contributed by atoms with Gasteiger partial charge in [-0.2, -0.15) is 5.10 Å². The van der Waals surface area contributed by atoms with Crippen molar-refractivity contribution in [3.05, 3.63) is 53.1 Å². The minimum absolute atomic E-state index is 0.254. The smallest absolute Gasteiger partial charge is 0.241 e. The molecule has 2 heterocycles. The molecule has 1 unspecified atom stereocenters. The predicted molar refractivity (Wildman–Crippen MR) is 149 cm³/mol. The maximum Gasteiger partial charge on any atom is 0.241 e. The van der Waals surface area contributed by atoms with Crippen LogP contribution in [0, 0.1) is 0 Å². The molecule has 0 bridgehead atoms. The summed E-state index contributed by atoms with van der Waals surface area (Å²) in [6.45, 7) is 9.01. The third-order valence-corrected chi connectivity index (χ3v) is 7.89. The molecule has 0 aliphatic carbocycles. The Bertz CT molecular complexity index is 1260. The van der Waals surface area contributed by atoms with Gasteiger partial charge in [0.05, 0.1) is 30.2 Å². The number of nitrogens with zero attached hydrogens (tertiary/aromatic N) is 4. The monoisotopic (exact) mass is 522 g/mol. The van der Waals surface area contributed by atoms with E-state index in [0.29, 0.717) is 12.3 Å². The highest BCUT2D eigenvalue weighted by Gasteiger charge is 2.40. The van der Waals surface area contributed by atoms with Gasteiger partial charge in [-0.15, -0.1) is 11.8 Å². The van der Waals surface area contributed by atoms with Gasteiger partial charge in [0, 0.05) is 31.8 Å². The Morgan fingerprint density at radius 2 is 2.00 bits per heavy atom. The van der Waals surface area contributed by atoms with Crippen molar-refractivity contribution in [2.75, 3.05) is 32.2 Å². The van der Waals surface area contributed by atoms with Crippen molar-refractivity contribution < 1.29 is 19.1 Å². The van der Waals surface area contributed by atoms with Crippen LogP contribution in [0.4, 0.5) is 5.69 Å². The van der Waals surface area contributed by atoms with Gasteiger partial charge in [0.2, 0.25) is 5.91 Å². The summed E-state index contributed by atoms with van der Waals surface area (Å²) >= 11 is 1.43. The molecule has 0 N–H and O–H groups in total. The highest BCUT2D eigenvalue weighted by atomic mass is 32.2. The van der Waals surface area contributed by atoms with Crippen molar-refractivity contribution in [1.29, 1.82) is 0 Å². The summed E-state index contributed by atoms with van der Waals surface area (Å²) < 4.78 is 10.6. The van der Waals surface area contributed by atoms with E-state index >= 15 is 0 Å². The molecule has 2 aliphatic rings. The number of carbonyl (C=O) groups is 2. The predicted octanol–water partition coefficient (Wildman–Crippen LogP) is 4.53. The number of hydrazone groups is 1. The number of aryl methyl sites for hydroxylation is 1. The Morgan fingerprint density at radius 3 is 2.65 bits per heavy atom. The number of rotatable bonds is 6. The zero-order valence-electron chi connectivity index (χ0n) is 22.3. The van der Waals surface area contributed by atoms with Crippen LogP contribution in [-0.4, -0.2) is 66.2 Å². The van der Waals surface area contributed by atoms with Gasteiger partial charge in [-0.1, -0.05) is 6.07 Å². The van der Waals surface area contributed by atoms with Crippen molar-refractivity contribution in [1.82, 2.24) is 5.01 Å². The normalized spacial score (nSPS) is 19.1. The van der Waals surface area contributed by atoms with E-state index in [2.05, 4.69) is 22.1 Å². The standard InChI is InChI=1S/C28H34N4O4S/c1-7-29-27(22-12-11-21(35-5)16-24(22)36-6)31-14-8-9-19-15-20(10-13-23(19)31)26-28(3,4)37-25(17-33)32(30-26)18(2)34/h10-13,15-17,25H,7-9,14H2,1-6H3. The number of amides is 1. The number of thioether (sulfide) groups is 1. The van der Waals surface area contributed by atoms with Crippen LogP contribution < -0.4 is 14.4 Å². The fourth-order valence-electron chi connectivity index (χ4n) is 4.85. The highest BCUT2D eigenvalue weighted by molar-refractivity contribution is 8.02. The first-order valence-corrected chi connectivity index (χ1v) is 13.3. The minimum Gasteiger partial charge on any atom is -0.497 e.